The first-order valence-corrected chi connectivity index (χ1v) is 13.8. The molecule has 0 aliphatic heterocycles. The lowest BCUT2D eigenvalue weighted by Crippen LogP contribution is -2.06. The zero-order valence-electron chi connectivity index (χ0n) is 24.4. The fourth-order valence-electron chi connectivity index (χ4n) is 5.09. The van der Waals surface area contributed by atoms with Crippen molar-refractivity contribution in [2.24, 2.45) is 0 Å². The van der Waals surface area contributed by atoms with E-state index in [4.69, 9.17) is 4.74 Å². The van der Waals surface area contributed by atoms with Gasteiger partial charge < -0.3 is 9.84 Å². The Morgan fingerprint density at radius 3 is 1.57 bits per heavy atom. The van der Waals surface area contributed by atoms with Crippen LogP contribution in [0.25, 0.3) is 11.0 Å². The third-order valence-corrected chi connectivity index (χ3v) is 7.18. The Kier molecular flexibility index (Phi) is 9.04. The second-order valence-corrected chi connectivity index (χ2v) is 10.3. The number of carboxylic acids is 1. The van der Waals surface area contributed by atoms with Crippen molar-refractivity contribution >= 4 is 23.0 Å². The summed E-state index contributed by atoms with van der Waals surface area (Å²) in [4.78, 5) is 23.1. The number of benzene rings is 2. The molecule has 8 nitrogen and oxygen atoms in total. The molecule has 0 aliphatic carbocycles. The number of carboxylic acid groups (broad SMARTS) is 1. The van der Waals surface area contributed by atoms with E-state index in [9.17, 15) is 41.0 Å². The van der Waals surface area contributed by atoms with Gasteiger partial charge in [0.25, 0.3) is 0 Å². The molecule has 0 saturated carbocycles. The number of alkyl halides is 6. The average Bonchev–Trinajstić information content (AvgIpc) is 3.67. The maximum atomic E-state index is 12.9. The van der Waals surface area contributed by atoms with Crippen LogP contribution in [0.1, 0.15) is 54.1 Å². The van der Waals surface area contributed by atoms with Crippen LogP contribution in [0, 0.1) is 0 Å². The second-order valence-electron chi connectivity index (χ2n) is 10.3. The minimum atomic E-state index is -4.41. The lowest BCUT2D eigenvalue weighted by atomic mass is 10.0. The average molecular weight is 655 g/mol. The number of aromatic carboxylic acids is 1. The molecule has 0 radical (unpaired) electrons. The number of rotatable bonds is 6. The van der Waals surface area contributed by atoms with Gasteiger partial charge in [-0.05, 0) is 59.4 Å². The van der Waals surface area contributed by atoms with E-state index in [0.717, 1.165) is 24.3 Å². The molecule has 1 N–H and O–H groups in total. The van der Waals surface area contributed by atoms with Crippen molar-refractivity contribution in [1.82, 2.24) is 19.2 Å². The summed E-state index contributed by atoms with van der Waals surface area (Å²) in [6, 6.07) is 17.0. The molecule has 242 valence electrons. The van der Waals surface area contributed by atoms with Crippen LogP contribution in [0.4, 0.5) is 26.3 Å². The number of hydrogen-bond donors (Lipinski definition) is 1. The fraction of sp³-hybridized carbons (Fsp3) is 0.152. The molecule has 6 aromatic rings. The number of esters is 1. The zero-order chi connectivity index (χ0) is 33.9. The molecule has 0 fully saturated rings. The molecule has 14 heteroatoms. The maximum absolute atomic E-state index is 12.9. The Bertz CT molecular complexity index is 2080. The summed E-state index contributed by atoms with van der Waals surface area (Å²) in [5.41, 5.74) is 2.02. The van der Waals surface area contributed by atoms with Gasteiger partial charge in [0.15, 0.2) is 0 Å². The predicted octanol–water partition coefficient (Wildman–Crippen LogP) is 7.37. The number of hydrogen-bond acceptors (Lipinski definition) is 5. The monoisotopic (exact) mass is 654 g/mol. The Morgan fingerprint density at radius 1 is 0.702 bits per heavy atom. The standard InChI is InChI=1S/C17H13F3N2O2.C16H11F3N2O2/c1-24-16(23)14-10-21-22-7-3-5-12(15(14)22)8-11-4-2-6-13(9-11)17(18,19)20;17-16(18,19)12-5-1-3-10(8-12)7-11-4-2-6-21-14(11)13(9-20-21)15(22)23/h2-7,9-10H,8H2,1H3;1-6,8-9H,7H2,(H,22,23). The quantitative estimate of drug-likeness (QED) is 0.149. The van der Waals surface area contributed by atoms with E-state index in [0.29, 0.717) is 33.3 Å². The van der Waals surface area contributed by atoms with Crippen molar-refractivity contribution in [1.29, 1.82) is 0 Å². The van der Waals surface area contributed by atoms with Gasteiger partial charge in [-0.2, -0.15) is 36.5 Å². The summed E-state index contributed by atoms with van der Waals surface area (Å²) in [6.45, 7) is 0. The SMILES string of the molecule is COC(=O)c1cnn2cccc(Cc3cccc(C(F)(F)F)c3)c12.O=C(O)c1cnn2cccc(Cc3cccc(C(F)(F)F)c3)c12. The molecule has 2 aromatic carbocycles. The number of ether oxygens (including phenoxy) is 1. The van der Waals surface area contributed by atoms with Crippen LogP contribution in [-0.2, 0) is 29.9 Å². The number of pyridine rings is 2. The normalized spacial score (nSPS) is 11.7. The Hall–Kier alpha value is -5.66. The summed E-state index contributed by atoms with van der Waals surface area (Å²) >= 11 is 0. The van der Waals surface area contributed by atoms with Gasteiger partial charge in [-0.1, -0.05) is 48.5 Å². The van der Waals surface area contributed by atoms with Crippen LogP contribution < -0.4 is 0 Å². The molecule has 0 spiro atoms. The van der Waals surface area contributed by atoms with Gasteiger partial charge >= 0.3 is 24.3 Å². The summed E-state index contributed by atoms with van der Waals surface area (Å²) < 4.78 is 84.6. The highest BCUT2D eigenvalue weighted by Crippen LogP contribution is 2.32. The lowest BCUT2D eigenvalue weighted by molar-refractivity contribution is -0.138. The van der Waals surface area contributed by atoms with E-state index in [1.807, 2.05) is 0 Å². The van der Waals surface area contributed by atoms with Crippen LogP contribution >= 0.6 is 0 Å². The number of aromatic nitrogens is 4. The minimum absolute atomic E-state index is 0.0209. The highest BCUT2D eigenvalue weighted by molar-refractivity contribution is 5.98. The van der Waals surface area contributed by atoms with Gasteiger partial charge in [0.2, 0.25) is 0 Å². The maximum Gasteiger partial charge on any atom is 0.416 e. The Balaban J connectivity index is 0.000000185. The fourth-order valence-corrected chi connectivity index (χ4v) is 5.09. The van der Waals surface area contributed by atoms with Crippen molar-refractivity contribution in [2.75, 3.05) is 7.11 Å². The van der Waals surface area contributed by atoms with E-state index >= 15 is 0 Å². The first-order chi connectivity index (χ1) is 22.3. The van der Waals surface area contributed by atoms with Crippen molar-refractivity contribution < 1.29 is 45.8 Å². The Morgan fingerprint density at radius 2 is 1.15 bits per heavy atom. The van der Waals surface area contributed by atoms with E-state index < -0.39 is 35.4 Å². The van der Waals surface area contributed by atoms with Crippen LogP contribution in [0.15, 0.2) is 97.6 Å². The minimum Gasteiger partial charge on any atom is -0.478 e. The van der Waals surface area contributed by atoms with Crippen molar-refractivity contribution in [3.8, 4) is 0 Å². The van der Waals surface area contributed by atoms with Crippen molar-refractivity contribution in [3.05, 3.63) is 142 Å². The third-order valence-electron chi connectivity index (χ3n) is 7.18. The van der Waals surface area contributed by atoms with E-state index in [2.05, 4.69) is 10.2 Å². The van der Waals surface area contributed by atoms with E-state index in [-0.39, 0.29) is 24.0 Å². The highest BCUT2D eigenvalue weighted by Gasteiger charge is 2.31. The lowest BCUT2D eigenvalue weighted by Gasteiger charge is -2.10. The molecular formula is C33H24F6N4O4. The van der Waals surface area contributed by atoms with Crippen LogP contribution in [0.2, 0.25) is 0 Å². The van der Waals surface area contributed by atoms with E-state index in [1.54, 1.807) is 48.8 Å². The Labute approximate surface area is 262 Å². The van der Waals surface area contributed by atoms with Gasteiger partial charge in [0.1, 0.15) is 11.1 Å². The number of halogens is 6. The van der Waals surface area contributed by atoms with Crippen molar-refractivity contribution in [3.63, 3.8) is 0 Å². The number of fused-ring (bicyclic) bond motifs is 2. The number of nitrogens with zero attached hydrogens (tertiary/aromatic N) is 4. The topological polar surface area (TPSA) is 98.2 Å². The molecule has 0 unspecified atom stereocenters. The van der Waals surface area contributed by atoms with Gasteiger partial charge in [-0.3, -0.25) is 0 Å². The van der Waals surface area contributed by atoms with Gasteiger partial charge in [0, 0.05) is 12.4 Å². The number of carbonyl (C=O) groups is 2. The number of methoxy groups -OCH3 is 1. The second kappa shape index (κ2) is 13.0. The summed E-state index contributed by atoms with van der Waals surface area (Å²) in [5, 5.41) is 17.2. The third kappa shape index (κ3) is 7.27. The van der Waals surface area contributed by atoms with E-state index in [1.165, 1.54) is 40.7 Å². The van der Waals surface area contributed by atoms with Crippen LogP contribution in [0.3, 0.4) is 0 Å². The molecule has 0 bridgehead atoms. The summed E-state index contributed by atoms with van der Waals surface area (Å²) in [7, 11) is 1.27. The zero-order valence-corrected chi connectivity index (χ0v) is 24.4. The molecule has 0 atom stereocenters. The first kappa shape index (κ1) is 32.7. The molecule has 47 heavy (non-hydrogen) atoms. The molecule has 0 amide bonds. The molecule has 0 saturated heterocycles. The van der Waals surface area contributed by atoms with Crippen molar-refractivity contribution in [2.45, 2.75) is 25.2 Å². The van der Waals surface area contributed by atoms with Crippen LogP contribution in [-0.4, -0.2) is 43.4 Å². The number of carbonyl (C=O) groups excluding carboxylic acids is 1. The molecule has 4 heterocycles. The first-order valence-electron chi connectivity index (χ1n) is 13.8. The molecule has 4 aromatic heterocycles. The molecule has 6 rings (SSSR count). The van der Waals surface area contributed by atoms with Gasteiger partial charge in [-0.15, -0.1) is 0 Å². The predicted molar refractivity (Wildman–Crippen MR) is 157 cm³/mol. The van der Waals surface area contributed by atoms with Gasteiger partial charge in [0.05, 0.1) is 41.7 Å². The summed E-state index contributed by atoms with van der Waals surface area (Å²) in [5.74, 6) is -1.67. The summed E-state index contributed by atoms with van der Waals surface area (Å²) in [6.07, 6.45) is -2.51. The highest BCUT2D eigenvalue weighted by atomic mass is 19.4. The van der Waals surface area contributed by atoms with Crippen LogP contribution in [0.5, 0.6) is 0 Å². The largest absolute Gasteiger partial charge is 0.478 e. The molecule has 0 aliphatic rings. The van der Waals surface area contributed by atoms with Gasteiger partial charge in [-0.25, -0.2) is 18.6 Å². The molecular weight excluding hydrogens is 630 g/mol. The smallest absolute Gasteiger partial charge is 0.416 e.